The molecule has 0 spiro atoms. The molecule has 2 nitrogen and oxygen atoms in total. The predicted molar refractivity (Wildman–Crippen MR) is 52.7 cm³/mol. The molecule has 0 aromatic heterocycles. The lowest BCUT2D eigenvalue weighted by atomic mass is 10.1. The summed E-state index contributed by atoms with van der Waals surface area (Å²) >= 11 is 0. The molecule has 0 saturated heterocycles. The highest BCUT2D eigenvalue weighted by Crippen LogP contribution is 2.27. The zero-order valence-electron chi connectivity index (χ0n) is 7.83. The number of phenols is 1. The van der Waals surface area contributed by atoms with Crippen LogP contribution in [0, 0.1) is 0 Å². The second kappa shape index (κ2) is 3.38. The van der Waals surface area contributed by atoms with E-state index in [-0.39, 0.29) is 6.04 Å². The Balaban J connectivity index is 2.09. The van der Waals surface area contributed by atoms with Crippen LogP contribution in [0.4, 0.5) is 0 Å². The molecule has 2 rings (SSSR count). The Morgan fingerprint density at radius 1 is 1.38 bits per heavy atom. The Hall–Kier alpha value is -1.02. The van der Waals surface area contributed by atoms with E-state index in [1.165, 1.54) is 12.8 Å². The molecule has 13 heavy (non-hydrogen) atoms. The summed E-state index contributed by atoms with van der Waals surface area (Å²) in [5.41, 5.74) is 0.995. The van der Waals surface area contributed by atoms with Gasteiger partial charge in [-0.2, -0.15) is 0 Å². The normalized spacial score (nSPS) is 18.5. The first-order valence-electron chi connectivity index (χ1n) is 4.81. The molecule has 0 heterocycles. The zero-order valence-corrected chi connectivity index (χ0v) is 7.83. The van der Waals surface area contributed by atoms with Crippen LogP contribution in [0.5, 0.6) is 5.75 Å². The lowest BCUT2D eigenvalue weighted by molar-refractivity contribution is 0.452. The van der Waals surface area contributed by atoms with Crippen LogP contribution in [-0.4, -0.2) is 11.1 Å². The third-order valence-electron chi connectivity index (χ3n) is 2.47. The van der Waals surface area contributed by atoms with Crippen molar-refractivity contribution in [3.8, 4) is 5.75 Å². The minimum Gasteiger partial charge on any atom is -0.508 e. The van der Waals surface area contributed by atoms with E-state index in [9.17, 15) is 5.11 Å². The second-order valence-corrected chi connectivity index (χ2v) is 3.72. The van der Waals surface area contributed by atoms with E-state index in [4.69, 9.17) is 0 Å². The number of para-hydroxylation sites is 1. The standard InChI is InChI=1S/C11H15NO/c1-8(12-9-6-7-9)10-4-2-3-5-11(10)13/h2-5,8-9,12-13H,6-7H2,1H3/t8-/m1/s1. The van der Waals surface area contributed by atoms with Crippen molar-refractivity contribution in [1.82, 2.24) is 5.32 Å². The first-order valence-corrected chi connectivity index (χ1v) is 4.81. The molecule has 2 heteroatoms. The Labute approximate surface area is 78.6 Å². The van der Waals surface area contributed by atoms with Gasteiger partial charge in [-0.05, 0) is 25.8 Å². The van der Waals surface area contributed by atoms with Crippen molar-refractivity contribution in [2.75, 3.05) is 0 Å². The molecule has 0 aliphatic heterocycles. The monoisotopic (exact) mass is 177 g/mol. The minimum atomic E-state index is 0.258. The van der Waals surface area contributed by atoms with Crippen molar-refractivity contribution in [3.63, 3.8) is 0 Å². The molecule has 1 aromatic rings. The van der Waals surface area contributed by atoms with Gasteiger partial charge in [0.15, 0.2) is 0 Å². The molecule has 2 N–H and O–H groups in total. The van der Waals surface area contributed by atoms with E-state index in [0.29, 0.717) is 11.8 Å². The van der Waals surface area contributed by atoms with E-state index in [1.54, 1.807) is 6.07 Å². The average Bonchev–Trinajstić information content (AvgIpc) is 2.89. The number of aromatic hydroxyl groups is 1. The van der Waals surface area contributed by atoms with Gasteiger partial charge in [0.2, 0.25) is 0 Å². The SMILES string of the molecule is C[C@@H](NC1CC1)c1ccccc1O. The maximum atomic E-state index is 9.57. The number of hydrogen-bond acceptors (Lipinski definition) is 2. The van der Waals surface area contributed by atoms with Crippen molar-refractivity contribution < 1.29 is 5.11 Å². The van der Waals surface area contributed by atoms with Gasteiger partial charge >= 0.3 is 0 Å². The Kier molecular flexibility index (Phi) is 2.23. The summed E-state index contributed by atoms with van der Waals surface area (Å²) in [6, 6.07) is 8.45. The topological polar surface area (TPSA) is 32.3 Å². The van der Waals surface area contributed by atoms with E-state index in [1.807, 2.05) is 18.2 Å². The number of phenolic OH excluding ortho intramolecular Hbond substituents is 1. The van der Waals surface area contributed by atoms with E-state index in [0.717, 1.165) is 5.56 Å². The fraction of sp³-hybridized carbons (Fsp3) is 0.455. The first kappa shape index (κ1) is 8.57. The summed E-state index contributed by atoms with van der Waals surface area (Å²) in [6.07, 6.45) is 2.55. The summed E-state index contributed by atoms with van der Waals surface area (Å²) in [5.74, 6) is 0.392. The van der Waals surface area contributed by atoms with Crippen molar-refractivity contribution in [2.45, 2.75) is 31.8 Å². The fourth-order valence-electron chi connectivity index (χ4n) is 1.55. The molecule has 0 bridgehead atoms. The summed E-state index contributed by atoms with van der Waals surface area (Å²) < 4.78 is 0. The third kappa shape index (κ3) is 2.01. The van der Waals surface area contributed by atoms with Crippen LogP contribution in [-0.2, 0) is 0 Å². The molecule has 70 valence electrons. The molecule has 0 unspecified atom stereocenters. The van der Waals surface area contributed by atoms with Crippen LogP contribution < -0.4 is 5.32 Å². The van der Waals surface area contributed by atoms with E-state index >= 15 is 0 Å². The molecule has 0 radical (unpaired) electrons. The Morgan fingerprint density at radius 2 is 2.08 bits per heavy atom. The lowest BCUT2D eigenvalue weighted by Crippen LogP contribution is -2.20. The van der Waals surface area contributed by atoms with Gasteiger partial charge in [0, 0.05) is 17.6 Å². The smallest absolute Gasteiger partial charge is 0.120 e. The van der Waals surface area contributed by atoms with Crippen LogP contribution in [0.15, 0.2) is 24.3 Å². The van der Waals surface area contributed by atoms with E-state index < -0.39 is 0 Å². The Morgan fingerprint density at radius 3 is 2.69 bits per heavy atom. The predicted octanol–water partition coefficient (Wildman–Crippen LogP) is 2.21. The summed E-state index contributed by atoms with van der Waals surface area (Å²) in [6.45, 7) is 2.09. The minimum absolute atomic E-state index is 0.258. The number of benzene rings is 1. The van der Waals surface area contributed by atoms with Gasteiger partial charge in [0.05, 0.1) is 0 Å². The van der Waals surface area contributed by atoms with Crippen molar-refractivity contribution in [2.24, 2.45) is 0 Å². The van der Waals surface area contributed by atoms with Gasteiger partial charge in [-0.15, -0.1) is 0 Å². The molecule has 1 aliphatic carbocycles. The average molecular weight is 177 g/mol. The molecule has 1 fully saturated rings. The number of rotatable bonds is 3. The third-order valence-corrected chi connectivity index (χ3v) is 2.47. The highest BCUT2D eigenvalue weighted by atomic mass is 16.3. The second-order valence-electron chi connectivity index (χ2n) is 3.72. The van der Waals surface area contributed by atoms with Crippen molar-refractivity contribution >= 4 is 0 Å². The number of hydrogen-bond donors (Lipinski definition) is 2. The first-order chi connectivity index (χ1) is 6.27. The maximum absolute atomic E-state index is 9.57. The van der Waals surface area contributed by atoms with Gasteiger partial charge in [0.1, 0.15) is 5.75 Å². The summed E-state index contributed by atoms with van der Waals surface area (Å²) in [7, 11) is 0. The number of nitrogens with one attached hydrogen (secondary N) is 1. The quantitative estimate of drug-likeness (QED) is 0.742. The van der Waals surface area contributed by atoms with Crippen LogP contribution >= 0.6 is 0 Å². The molecule has 1 atom stereocenters. The van der Waals surface area contributed by atoms with Crippen LogP contribution in [0.2, 0.25) is 0 Å². The largest absolute Gasteiger partial charge is 0.508 e. The highest BCUT2D eigenvalue weighted by Gasteiger charge is 2.23. The maximum Gasteiger partial charge on any atom is 0.120 e. The molecular formula is C11H15NO. The summed E-state index contributed by atoms with van der Waals surface area (Å²) in [5, 5.41) is 13.0. The zero-order chi connectivity index (χ0) is 9.26. The molecular weight excluding hydrogens is 162 g/mol. The van der Waals surface area contributed by atoms with Crippen LogP contribution in [0.3, 0.4) is 0 Å². The molecule has 1 aromatic carbocycles. The van der Waals surface area contributed by atoms with E-state index in [2.05, 4.69) is 12.2 Å². The van der Waals surface area contributed by atoms with Gasteiger partial charge in [0.25, 0.3) is 0 Å². The highest BCUT2D eigenvalue weighted by molar-refractivity contribution is 5.34. The molecule has 0 amide bonds. The molecule has 1 aliphatic rings. The Bertz CT molecular complexity index is 294. The van der Waals surface area contributed by atoms with Gasteiger partial charge in [-0.25, -0.2) is 0 Å². The van der Waals surface area contributed by atoms with Gasteiger partial charge in [-0.3, -0.25) is 0 Å². The van der Waals surface area contributed by atoms with Crippen LogP contribution in [0.1, 0.15) is 31.4 Å². The fourth-order valence-corrected chi connectivity index (χ4v) is 1.55. The van der Waals surface area contributed by atoms with Crippen molar-refractivity contribution in [3.05, 3.63) is 29.8 Å². The molecule has 1 saturated carbocycles. The van der Waals surface area contributed by atoms with Crippen LogP contribution in [0.25, 0.3) is 0 Å². The van der Waals surface area contributed by atoms with Gasteiger partial charge < -0.3 is 10.4 Å². The van der Waals surface area contributed by atoms with Crippen molar-refractivity contribution in [1.29, 1.82) is 0 Å². The lowest BCUT2D eigenvalue weighted by Gasteiger charge is -2.14. The summed E-state index contributed by atoms with van der Waals surface area (Å²) in [4.78, 5) is 0. The van der Waals surface area contributed by atoms with Gasteiger partial charge in [-0.1, -0.05) is 18.2 Å².